The summed E-state index contributed by atoms with van der Waals surface area (Å²) >= 11 is 0. The van der Waals surface area contributed by atoms with E-state index >= 15 is 9.59 Å². The second kappa shape index (κ2) is 34.9. The van der Waals surface area contributed by atoms with E-state index in [4.69, 9.17) is 0 Å². The van der Waals surface area contributed by atoms with Crippen LogP contribution in [0.2, 0.25) is 0 Å². The molecule has 1 heterocycles. The maximum Gasteiger partial charge on any atom is 0.246 e. The lowest BCUT2D eigenvalue weighted by Gasteiger charge is -2.41. The number of amides is 11. The Morgan fingerprint density at radius 2 is 0.871 bits per heavy atom. The van der Waals surface area contributed by atoms with Gasteiger partial charge < -0.3 is 60.7 Å². The molecule has 0 bridgehead atoms. The first-order valence-corrected chi connectivity index (χ1v) is 30.6. The number of rotatable bonds is 15. The van der Waals surface area contributed by atoms with Crippen LogP contribution in [0.5, 0.6) is 0 Å². The molecule has 1 rings (SSSR count). The lowest BCUT2D eigenvalue weighted by molar-refractivity contribution is -0.157. The molecular weight excluding hydrogens is 1090 g/mol. The highest BCUT2D eigenvalue weighted by molar-refractivity contribution is 5.99. The molecule has 0 aliphatic carbocycles. The molecule has 0 unspecified atom stereocenters. The summed E-state index contributed by atoms with van der Waals surface area (Å²) in [6.45, 7) is 29.3. The number of nitrogens with one attached hydrogen (secondary N) is 4. The minimum Gasteiger partial charge on any atom is -0.390 e. The summed E-state index contributed by atoms with van der Waals surface area (Å²) < 4.78 is 0. The van der Waals surface area contributed by atoms with Crippen LogP contribution in [-0.4, -0.2) is 227 Å². The smallest absolute Gasteiger partial charge is 0.246 e. The zero-order chi connectivity index (χ0) is 66.0. The molecule has 0 aromatic rings. The molecule has 12 atom stereocenters. The second-order valence-electron chi connectivity index (χ2n) is 26.1. The Hall–Kier alpha value is -6.13. The predicted octanol–water partition coefficient (Wildman–Crippen LogP) is 3.27. The van der Waals surface area contributed by atoms with Gasteiger partial charge in [-0.1, -0.05) is 109 Å². The summed E-state index contributed by atoms with van der Waals surface area (Å²) in [7, 11) is 9.92. The van der Waals surface area contributed by atoms with Crippen LogP contribution >= 0.6 is 0 Å². The molecule has 85 heavy (non-hydrogen) atoms. The second-order valence-corrected chi connectivity index (χ2v) is 26.1. The van der Waals surface area contributed by atoms with Crippen molar-refractivity contribution in [2.24, 2.45) is 41.4 Å². The van der Waals surface area contributed by atoms with E-state index in [1.165, 1.54) is 87.7 Å². The zero-order valence-corrected chi connectivity index (χ0v) is 56.1. The Labute approximate surface area is 508 Å². The van der Waals surface area contributed by atoms with Crippen LogP contribution in [0.4, 0.5) is 0 Å². The van der Waals surface area contributed by atoms with Gasteiger partial charge in [0.25, 0.3) is 0 Å². The van der Waals surface area contributed by atoms with E-state index in [-0.39, 0.29) is 55.8 Å². The third kappa shape index (κ3) is 21.7. The van der Waals surface area contributed by atoms with Gasteiger partial charge in [-0.3, -0.25) is 52.7 Å². The predicted molar refractivity (Wildman–Crippen MR) is 328 cm³/mol. The van der Waals surface area contributed by atoms with Crippen molar-refractivity contribution in [3.63, 3.8) is 0 Å². The molecule has 1 saturated heterocycles. The van der Waals surface area contributed by atoms with E-state index < -0.39 is 156 Å². The molecule has 486 valence electrons. The van der Waals surface area contributed by atoms with Gasteiger partial charge in [-0.05, 0) is 101 Å². The van der Waals surface area contributed by atoms with Crippen LogP contribution in [0.3, 0.4) is 0 Å². The Balaban J connectivity index is 4.32. The highest BCUT2D eigenvalue weighted by Gasteiger charge is 2.45. The van der Waals surface area contributed by atoms with Crippen molar-refractivity contribution in [1.29, 1.82) is 0 Å². The van der Waals surface area contributed by atoms with E-state index in [0.29, 0.717) is 6.42 Å². The zero-order valence-electron chi connectivity index (χ0n) is 56.1. The van der Waals surface area contributed by atoms with Crippen LogP contribution in [0.25, 0.3) is 0 Å². The average Bonchev–Trinajstić information content (AvgIpc) is 3.62. The molecule has 5 N–H and O–H groups in total. The maximum absolute atomic E-state index is 15.1. The third-order valence-electron chi connectivity index (χ3n) is 16.1. The number of hydrogen-bond donors (Lipinski definition) is 5. The highest BCUT2D eigenvalue weighted by atomic mass is 16.3. The lowest BCUT2D eigenvalue weighted by Crippen LogP contribution is -2.63. The molecular formula is C62H111N11O12. The van der Waals surface area contributed by atoms with E-state index in [1.54, 1.807) is 54.5 Å². The van der Waals surface area contributed by atoms with E-state index in [0.717, 1.165) is 9.80 Å². The van der Waals surface area contributed by atoms with Gasteiger partial charge in [0.2, 0.25) is 65.0 Å². The molecule has 1 aliphatic rings. The Morgan fingerprint density at radius 3 is 1.32 bits per heavy atom. The van der Waals surface area contributed by atoms with Crippen molar-refractivity contribution in [3.05, 3.63) is 12.2 Å². The third-order valence-corrected chi connectivity index (χ3v) is 16.1. The molecule has 1 fully saturated rings. The topological polar surface area (TPSA) is 279 Å². The van der Waals surface area contributed by atoms with Gasteiger partial charge in [-0.2, -0.15) is 0 Å². The van der Waals surface area contributed by atoms with E-state index in [9.17, 15) is 48.3 Å². The maximum atomic E-state index is 15.1. The fraction of sp³-hybridized carbons (Fsp3) is 0.790. The van der Waals surface area contributed by atoms with Gasteiger partial charge in [0.15, 0.2) is 0 Å². The Morgan fingerprint density at radius 1 is 0.459 bits per heavy atom. The summed E-state index contributed by atoms with van der Waals surface area (Å²) in [4.78, 5) is 169. The summed E-state index contributed by atoms with van der Waals surface area (Å²) in [5, 5.41) is 23.1. The number of carbonyl (C=O) groups is 11. The number of carbonyl (C=O) groups excluding carboxylic acids is 11. The fourth-order valence-corrected chi connectivity index (χ4v) is 10.7. The first-order valence-electron chi connectivity index (χ1n) is 30.6. The first kappa shape index (κ1) is 76.9. The van der Waals surface area contributed by atoms with Gasteiger partial charge in [0.05, 0.1) is 12.6 Å². The van der Waals surface area contributed by atoms with Gasteiger partial charge in [-0.25, -0.2) is 0 Å². The Bertz CT molecular complexity index is 2330. The number of nitrogens with zero attached hydrogens (tertiary/aromatic N) is 7. The van der Waals surface area contributed by atoms with E-state index in [2.05, 4.69) is 21.3 Å². The summed E-state index contributed by atoms with van der Waals surface area (Å²) in [5.41, 5.74) is 0. The molecule has 0 aromatic heterocycles. The van der Waals surface area contributed by atoms with Crippen LogP contribution in [-0.2, 0) is 52.7 Å². The fourth-order valence-electron chi connectivity index (χ4n) is 10.7. The number of hydrogen-bond acceptors (Lipinski definition) is 12. The van der Waals surface area contributed by atoms with Crippen molar-refractivity contribution < 1.29 is 57.8 Å². The summed E-state index contributed by atoms with van der Waals surface area (Å²) in [5.74, 6) is -9.71. The molecule has 0 aromatic carbocycles. The van der Waals surface area contributed by atoms with Crippen LogP contribution in [0.1, 0.15) is 156 Å². The highest BCUT2D eigenvalue weighted by Crippen LogP contribution is 2.26. The molecule has 1 aliphatic heterocycles. The number of aliphatic hydroxyl groups is 1. The van der Waals surface area contributed by atoms with Crippen molar-refractivity contribution in [2.75, 3.05) is 55.9 Å². The molecule has 23 nitrogen and oxygen atoms in total. The SMILES string of the molecule is CC=CC[C@@H](C)[C@@H](O)[C@@H]1C(=O)N[C@H](CC)C(=O)N(C)CC(=O)N(C)[C@@H](CC(C)C)C(=O)N[C@H](C(C)C)C(=O)N(C)[C@H](CC(C)C)C(=O)N[C@H](C)C(=O)N[C@@H](C)C(=O)N(C)[C@H](CC(C)C)C(=O)N(C)[C@@H](CC(C)C)C(=O)N(C)[C@H](C(C)C)C(=O)N1C. The standard InChI is InChI=1S/C62H111N11O12/c1-25-27-28-40(15)52(75)51-56(79)65-43(26-2)58(81)67(18)33-48(74)68(19)44(29-34(3)4)55(78)66-49(38(11)12)61(84)69(20)45(30-35(5)6)54(77)63-41(16)53(76)64-42(17)57(80)70(21)46(31-36(7)8)59(82)71(22)47(32-37(9)10)60(83)72(23)50(39(13)14)62(85)73(51)24/h25,27,34-47,49-52,75H,26,28-33H2,1-24H3,(H,63,77)(H,64,76)(H,65,79)(H,66,78)/t40-,41-,42+,43-,44+,45-,46-,47+,49-,50-,51-,52-/m1/s1. The number of aliphatic hydroxyl groups excluding tert-OH is 1. The largest absolute Gasteiger partial charge is 0.390 e. The van der Waals surface area contributed by atoms with Gasteiger partial charge in [0.1, 0.15) is 60.4 Å². The minimum atomic E-state index is -1.61. The normalized spacial score (nSPS) is 26.9. The van der Waals surface area contributed by atoms with Crippen LogP contribution in [0.15, 0.2) is 12.2 Å². The van der Waals surface area contributed by atoms with Crippen LogP contribution in [0, 0.1) is 41.4 Å². The van der Waals surface area contributed by atoms with Gasteiger partial charge >= 0.3 is 0 Å². The van der Waals surface area contributed by atoms with Crippen molar-refractivity contribution >= 4 is 65.0 Å². The minimum absolute atomic E-state index is 0.0229. The van der Waals surface area contributed by atoms with Crippen LogP contribution < -0.4 is 21.3 Å². The van der Waals surface area contributed by atoms with Crippen molar-refractivity contribution in [1.82, 2.24) is 55.6 Å². The average molecular weight is 1200 g/mol. The summed E-state index contributed by atoms with van der Waals surface area (Å²) in [6, 6.07) is -12.3. The molecule has 0 spiro atoms. The molecule has 0 radical (unpaired) electrons. The Kier molecular flexibility index (Phi) is 31.5. The quantitative estimate of drug-likeness (QED) is 0.148. The van der Waals surface area contributed by atoms with Crippen molar-refractivity contribution in [3.8, 4) is 0 Å². The monoisotopic (exact) mass is 1200 g/mol. The molecule has 0 saturated carbocycles. The number of allylic oxidation sites excluding steroid dienone is 2. The van der Waals surface area contributed by atoms with Gasteiger partial charge in [0, 0.05) is 49.3 Å². The van der Waals surface area contributed by atoms with Gasteiger partial charge in [-0.15, -0.1) is 0 Å². The lowest BCUT2D eigenvalue weighted by atomic mass is 9.91. The molecule has 23 heteroatoms. The van der Waals surface area contributed by atoms with Crippen molar-refractivity contribution in [2.45, 2.75) is 223 Å². The first-order chi connectivity index (χ1) is 39.2. The number of likely N-dealkylation sites (N-methyl/N-ethyl adjacent to an activating group) is 7. The molecule has 11 amide bonds. The van der Waals surface area contributed by atoms with E-state index in [1.807, 2.05) is 61.5 Å². The summed E-state index contributed by atoms with van der Waals surface area (Å²) in [6.07, 6.45) is 3.04.